The lowest BCUT2D eigenvalue weighted by molar-refractivity contribution is 0.476. The Hall–Kier alpha value is -2.90. The summed E-state index contributed by atoms with van der Waals surface area (Å²) >= 11 is 1.64. The number of nitrogens with one attached hydrogen (secondary N) is 1. The van der Waals surface area contributed by atoms with Gasteiger partial charge in [0, 0.05) is 16.6 Å². The highest BCUT2D eigenvalue weighted by Crippen LogP contribution is 2.42. The molecule has 4 heteroatoms. The van der Waals surface area contributed by atoms with Crippen LogP contribution in [-0.4, -0.2) is 11.7 Å². The van der Waals surface area contributed by atoms with Crippen LogP contribution in [-0.2, 0) is 0 Å². The summed E-state index contributed by atoms with van der Waals surface area (Å²) in [6, 6.07) is 13.6. The quantitative estimate of drug-likeness (QED) is 0.617. The van der Waals surface area contributed by atoms with Gasteiger partial charge in [-0.25, -0.2) is 0 Å². The second-order valence-electron chi connectivity index (χ2n) is 5.78. The number of allylic oxidation sites excluding steroid dienone is 1. The normalized spacial score (nSPS) is 14.0. The van der Waals surface area contributed by atoms with Gasteiger partial charge in [-0.05, 0) is 47.4 Å². The van der Waals surface area contributed by atoms with Crippen molar-refractivity contribution in [3.8, 4) is 28.5 Å². The van der Waals surface area contributed by atoms with Crippen molar-refractivity contribution in [3.63, 3.8) is 0 Å². The van der Waals surface area contributed by atoms with E-state index < -0.39 is 0 Å². The summed E-state index contributed by atoms with van der Waals surface area (Å²) in [5, 5.41) is 13.8. The van der Waals surface area contributed by atoms with Gasteiger partial charge in [-0.2, -0.15) is 0 Å². The molecule has 118 valence electrons. The molecule has 2 aromatic carbocycles. The van der Waals surface area contributed by atoms with E-state index in [4.69, 9.17) is 12.2 Å². The van der Waals surface area contributed by atoms with E-state index in [1.807, 2.05) is 12.1 Å². The first-order valence-electron chi connectivity index (χ1n) is 7.73. The number of thiophene rings is 1. The Balaban J connectivity index is 1.85. The Labute approximate surface area is 144 Å². The van der Waals surface area contributed by atoms with Crippen molar-refractivity contribution >= 4 is 32.7 Å². The Morgan fingerprint density at radius 2 is 2.00 bits per heavy atom. The molecular weight excluding hydrogens is 316 g/mol. The molecule has 0 amide bonds. The molecule has 0 unspecified atom stereocenters. The summed E-state index contributed by atoms with van der Waals surface area (Å²) in [6.07, 6.45) is 6.52. The number of phenols is 1. The third-order valence-electron chi connectivity index (χ3n) is 4.31. The Kier molecular flexibility index (Phi) is 3.44. The first-order valence-corrected chi connectivity index (χ1v) is 8.54. The zero-order valence-corrected chi connectivity index (χ0v) is 13.8. The molecule has 2 heterocycles. The first kappa shape index (κ1) is 14.7. The second kappa shape index (κ2) is 5.63. The lowest BCUT2D eigenvalue weighted by Gasteiger charge is -2.06. The predicted molar refractivity (Wildman–Crippen MR) is 102 cm³/mol. The van der Waals surface area contributed by atoms with Crippen LogP contribution in [0, 0.1) is 12.3 Å². The van der Waals surface area contributed by atoms with Gasteiger partial charge in [0.05, 0.1) is 16.3 Å². The molecule has 0 saturated carbocycles. The lowest BCUT2D eigenvalue weighted by Crippen LogP contribution is -2.04. The van der Waals surface area contributed by atoms with Crippen molar-refractivity contribution in [2.24, 2.45) is 0 Å². The zero-order chi connectivity index (χ0) is 16.7. The highest BCUT2D eigenvalue weighted by molar-refractivity contribution is 7.23. The van der Waals surface area contributed by atoms with Crippen LogP contribution in [0.3, 0.4) is 0 Å². The van der Waals surface area contributed by atoms with Gasteiger partial charge in [-0.3, -0.25) is 0 Å². The van der Waals surface area contributed by atoms with E-state index in [2.05, 4.69) is 29.4 Å². The molecule has 1 aliphatic rings. The van der Waals surface area contributed by atoms with Crippen LogP contribution in [0.1, 0.15) is 12.0 Å². The van der Waals surface area contributed by atoms with Gasteiger partial charge in [0.1, 0.15) is 5.75 Å². The van der Waals surface area contributed by atoms with E-state index in [0.29, 0.717) is 5.69 Å². The zero-order valence-electron chi connectivity index (χ0n) is 13.0. The molecule has 0 aliphatic carbocycles. The van der Waals surface area contributed by atoms with Crippen molar-refractivity contribution in [3.05, 3.63) is 53.7 Å². The number of nitrogens with two attached hydrogens (primary N) is 1. The van der Waals surface area contributed by atoms with Crippen molar-refractivity contribution < 1.29 is 5.11 Å². The summed E-state index contributed by atoms with van der Waals surface area (Å²) in [7, 11) is 0. The molecule has 3 nitrogen and oxygen atoms in total. The highest BCUT2D eigenvalue weighted by atomic mass is 32.1. The Morgan fingerprint density at radius 3 is 2.83 bits per heavy atom. The fourth-order valence-corrected chi connectivity index (χ4v) is 4.24. The topological polar surface area (TPSA) is 58.3 Å². The van der Waals surface area contributed by atoms with Crippen molar-refractivity contribution in [2.75, 3.05) is 12.3 Å². The molecular formula is C20H16N2OS. The van der Waals surface area contributed by atoms with Crippen LogP contribution in [0.2, 0.25) is 0 Å². The lowest BCUT2D eigenvalue weighted by atomic mass is 9.99. The van der Waals surface area contributed by atoms with Gasteiger partial charge < -0.3 is 16.2 Å². The van der Waals surface area contributed by atoms with E-state index in [9.17, 15) is 5.11 Å². The number of hydrogen-bond donors (Lipinski definition) is 3. The van der Waals surface area contributed by atoms with Crippen LogP contribution < -0.4 is 11.1 Å². The molecule has 0 spiro atoms. The maximum atomic E-state index is 9.70. The molecule has 24 heavy (non-hydrogen) atoms. The maximum Gasteiger partial charge on any atom is 0.116 e. The van der Waals surface area contributed by atoms with E-state index in [0.717, 1.165) is 44.8 Å². The Bertz CT molecular complexity index is 1020. The molecule has 1 aliphatic heterocycles. The number of anilines is 1. The first-order chi connectivity index (χ1) is 11.7. The van der Waals surface area contributed by atoms with Crippen LogP contribution in [0.4, 0.5) is 5.69 Å². The molecule has 0 fully saturated rings. The minimum Gasteiger partial charge on any atom is -0.508 e. The van der Waals surface area contributed by atoms with E-state index >= 15 is 0 Å². The van der Waals surface area contributed by atoms with Crippen molar-refractivity contribution in [1.29, 1.82) is 0 Å². The van der Waals surface area contributed by atoms with Gasteiger partial charge in [-0.1, -0.05) is 24.1 Å². The van der Waals surface area contributed by atoms with E-state index in [1.54, 1.807) is 23.5 Å². The third-order valence-corrected chi connectivity index (χ3v) is 5.54. The summed E-state index contributed by atoms with van der Waals surface area (Å²) < 4.78 is 1.07. The number of terminal acetylenes is 1. The minimum atomic E-state index is 0.230. The summed E-state index contributed by atoms with van der Waals surface area (Å²) in [5.41, 5.74) is 11.3. The van der Waals surface area contributed by atoms with Crippen molar-refractivity contribution in [2.45, 2.75) is 6.42 Å². The number of fused-ring (bicyclic) bond motifs is 1. The van der Waals surface area contributed by atoms with Crippen LogP contribution in [0.15, 0.2) is 48.2 Å². The number of phenolic OH excluding ortho intramolecular Hbond substituents is 1. The molecule has 1 aromatic heterocycles. The van der Waals surface area contributed by atoms with E-state index in [-0.39, 0.29) is 5.75 Å². The number of rotatable bonds is 2. The molecule has 0 saturated heterocycles. The van der Waals surface area contributed by atoms with Crippen molar-refractivity contribution in [1.82, 2.24) is 5.32 Å². The molecule has 0 bridgehead atoms. The van der Waals surface area contributed by atoms with Gasteiger partial charge in [0.15, 0.2) is 0 Å². The summed E-state index contributed by atoms with van der Waals surface area (Å²) in [4.78, 5) is 1.02. The predicted octanol–water partition coefficient (Wildman–Crippen LogP) is 4.19. The Morgan fingerprint density at radius 1 is 1.17 bits per heavy atom. The van der Waals surface area contributed by atoms with Gasteiger partial charge in [0.2, 0.25) is 0 Å². The number of nitrogen functional groups attached to an aromatic ring is 1. The monoisotopic (exact) mass is 332 g/mol. The minimum absolute atomic E-state index is 0.230. The van der Waals surface area contributed by atoms with Crippen LogP contribution >= 0.6 is 11.3 Å². The summed E-state index contributed by atoms with van der Waals surface area (Å²) in [5.74, 6) is 2.96. The van der Waals surface area contributed by atoms with Crippen LogP contribution in [0.5, 0.6) is 5.75 Å². The second-order valence-corrected chi connectivity index (χ2v) is 6.83. The van der Waals surface area contributed by atoms with Gasteiger partial charge in [0.25, 0.3) is 0 Å². The maximum absolute atomic E-state index is 9.70. The standard InChI is InChI=1S/C20H16N2OS/c1-2-17-15(8-9-22-17)12-4-3-5-13(10-12)20-19(21)16-11-14(23)6-7-18(16)24-20/h1,3-7,10-11,22-23H,8-9,21H2. The molecule has 3 aromatic rings. The number of hydrogen-bond acceptors (Lipinski definition) is 4. The number of benzene rings is 2. The molecule has 0 radical (unpaired) electrons. The fourth-order valence-electron chi connectivity index (χ4n) is 3.14. The van der Waals surface area contributed by atoms with E-state index in [1.165, 1.54) is 5.57 Å². The largest absolute Gasteiger partial charge is 0.508 e. The van der Waals surface area contributed by atoms with Gasteiger partial charge >= 0.3 is 0 Å². The highest BCUT2D eigenvalue weighted by Gasteiger charge is 2.16. The molecule has 4 rings (SSSR count). The number of aromatic hydroxyl groups is 1. The molecule has 0 atom stereocenters. The van der Waals surface area contributed by atoms with Crippen LogP contribution in [0.25, 0.3) is 26.1 Å². The SMILES string of the molecule is C#CC1=C(c2cccc(-c3sc4ccc(O)cc4c3N)c2)CCN1. The average molecular weight is 332 g/mol. The molecule has 4 N–H and O–H groups in total. The third kappa shape index (κ3) is 2.31. The smallest absolute Gasteiger partial charge is 0.116 e. The summed E-state index contributed by atoms with van der Waals surface area (Å²) in [6.45, 7) is 0.878. The average Bonchev–Trinajstić information content (AvgIpc) is 3.20. The fraction of sp³-hybridized carbons (Fsp3) is 0.100. The van der Waals surface area contributed by atoms with Gasteiger partial charge in [-0.15, -0.1) is 17.8 Å².